The molecule has 0 saturated heterocycles. The van der Waals surface area contributed by atoms with Crippen LogP contribution in [0.25, 0.3) is 21.1 Å². The molecular weight excluding hydrogens is 588 g/mol. The molecule has 0 spiro atoms. The fraction of sp³-hybridized carbons (Fsp3) is 0.161. The van der Waals surface area contributed by atoms with Crippen molar-refractivity contribution in [3.05, 3.63) is 111 Å². The van der Waals surface area contributed by atoms with Gasteiger partial charge in [-0.1, -0.05) is 36.4 Å². The lowest BCUT2D eigenvalue weighted by Crippen LogP contribution is -2.22. The highest BCUT2D eigenvalue weighted by molar-refractivity contribution is 7.86. The molecule has 44 heavy (non-hydrogen) atoms. The summed E-state index contributed by atoms with van der Waals surface area (Å²) in [5.74, 6) is -1.24. The minimum absolute atomic E-state index is 0.00365. The zero-order chi connectivity index (χ0) is 32.1. The maximum atomic E-state index is 12.7. The minimum atomic E-state index is -4.62. The Labute approximate surface area is 252 Å². The Kier molecular flexibility index (Phi) is 11.3. The van der Waals surface area contributed by atoms with E-state index in [1.807, 2.05) is 0 Å². The normalized spacial score (nSPS) is 11.8. The van der Waals surface area contributed by atoms with Gasteiger partial charge in [-0.15, -0.1) is 0 Å². The molecule has 0 unspecified atom stereocenters. The van der Waals surface area contributed by atoms with E-state index in [9.17, 15) is 33.1 Å². The number of carbonyl (C=O) groups excluding carboxylic acids is 2. The number of Topliss-reactive ketones (excluding diaryl/α,β-unsaturated/α-hetero) is 1. The van der Waals surface area contributed by atoms with Crippen LogP contribution in [0.2, 0.25) is 0 Å². The van der Waals surface area contributed by atoms with Gasteiger partial charge < -0.3 is 14.2 Å². The van der Waals surface area contributed by atoms with Crippen molar-refractivity contribution in [3.63, 3.8) is 0 Å². The molecule has 220 valence electrons. The van der Waals surface area contributed by atoms with Gasteiger partial charge in [-0.25, -0.2) is 25.0 Å². The van der Waals surface area contributed by atoms with Gasteiger partial charge in [0.15, 0.2) is 5.78 Å². The molecule has 0 aliphatic rings. The predicted molar refractivity (Wildman–Crippen MR) is 154 cm³/mol. The Bertz CT molecular complexity index is 1950. The minimum Gasteiger partial charge on any atom is -0.494 e. The number of carbonyl (C=O) groups is 2. The van der Waals surface area contributed by atoms with Gasteiger partial charge in [0, 0.05) is 22.4 Å². The average Bonchev–Trinajstić information content (AvgIpc) is 3.03. The van der Waals surface area contributed by atoms with Crippen LogP contribution >= 0.6 is 0 Å². The molecule has 0 bridgehead atoms. The van der Waals surface area contributed by atoms with Gasteiger partial charge in [-0.05, 0) is 36.8 Å². The van der Waals surface area contributed by atoms with E-state index < -0.39 is 26.8 Å². The van der Waals surface area contributed by atoms with Gasteiger partial charge in [0.2, 0.25) is 0 Å². The first-order valence-electron chi connectivity index (χ1n) is 12.7. The Morgan fingerprint density at radius 2 is 1.36 bits per heavy atom. The third-order valence-electron chi connectivity index (χ3n) is 5.88. The smallest absolute Gasteiger partial charge is 0.338 e. The van der Waals surface area contributed by atoms with E-state index in [2.05, 4.69) is 9.69 Å². The summed E-state index contributed by atoms with van der Waals surface area (Å²) >= 11 is 0. The van der Waals surface area contributed by atoms with E-state index in [1.165, 1.54) is 30.3 Å². The molecule has 1 N–H and O–H groups in total. The lowest BCUT2D eigenvalue weighted by molar-refractivity contribution is 0.0449. The highest BCUT2D eigenvalue weighted by Gasteiger charge is 2.19. The number of esters is 1. The molecule has 12 nitrogen and oxygen atoms in total. The van der Waals surface area contributed by atoms with Gasteiger partial charge in [0.25, 0.3) is 21.5 Å². The Hall–Kier alpha value is -5.99. The molecule has 0 fully saturated rings. The Morgan fingerprint density at radius 3 is 1.91 bits per heavy atom. The highest BCUT2D eigenvalue weighted by Crippen LogP contribution is 2.18. The van der Waals surface area contributed by atoms with Gasteiger partial charge in [0.05, 0.1) is 37.5 Å². The van der Waals surface area contributed by atoms with E-state index in [0.717, 1.165) is 6.07 Å². The number of hydrogen-bond acceptors (Lipinski definition) is 9. The highest BCUT2D eigenvalue weighted by atomic mass is 32.2. The van der Waals surface area contributed by atoms with E-state index in [4.69, 9.17) is 27.4 Å². The predicted octanol–water partition coefficient (Wildman–Crippen LogP) is 3.31. The topological polar surface area (TPSA) is 172 Å². The summed E-state index contributed by atoms with van der Waals surface area (Å²) in [6, 6.07) is 19.5. The van der Waals surface area contributed by atoms with Gasteiger partial charge in [-0.3, -0.25) is 9.35 Å². The second-order valence-corrected chi connectivity index (χ2v) is 10.1. The molecule has 0 aromatic heterocycles. The van der Waals surface area contributed by atoms with Crippen molar-refractivity contribution in [3.8, 4) is 23.6 Å². The molecular formula is C31H22N4O8S. The monoisotopic (exact) mass is 610 g/mol. The standard InChI is InChI=1S/C31H22N4O8S/c1-34-25(19-32)23-18-29(42-15-16-43-31(37)21-9-4-3-5-10-21)24(26(20-33)35-2)17-28(23)41-14-8-12-27(36)22-11-6-7-13-30(22)44(38,39)40/h3-7,9-11,13,17-18H,8,12,14-16H2,(H,38,39,40)/b25-23+,26-24-. The molecule has 3 aromatic rings. The van der Waals surface area contributed by atoms with Crippen LogP contribution in [0.15, 0.2) is 71.6 Å². The van der Waals surface area contributed by atoms with Crippen LogP contribution in [0.3, 0.4) is 0 Å². The van der Waals surface area contributed by atoms with Gasteiger partial charge in [0.1, 0.15) is 29.6 Å². The van der Waals surface area contributed by atoms with Crippen molar-refractivity contribution in [2.75, 3.05) is 19.8 Å². The van der Waals surface area contributed by atoms with Gasteiger partial charge in [-0.2, -0.15) is 8.42 Å². The molecule has 0 aliphatic heterocycles. The third kappa shape index (κ3) is 8.28. The summed E-state index contributed by atoms with van der Waals surface area (Å²) in [7, 11) is -4.62. The van der Waals surface area contributed by atoms with E-state index in [0.29, 0.717) is 5.56 Å². The fourth-order valence-corrected chi connectivity index (χ4v) is 4.59. The number of hydrogen-bond donors (Lipinski definition) is 1. The lowest BCUT2D eigenvalue weighted by Gasteiger charge is -2.13. The number of rotatable bonds is 12. The number of ether oxygens (including phenoxy) is 3. The van der Waals surface area contributed by atoms with Crippen LogP contribution in [0.1, 0.15) is 33.6 Å². The summed E-state index contributed by atoms with van der Waals surface area (Å²) in [5, 5.41) is 19.1. The van der Waals surface area contributed by atoms with E-state index in [-0.39, 0.29) is 71.6 Å². The van der Waals surface area contributed by atoms with Gasteiger partial charge >= 0.3 is 5.97 Å². The van der Waals surface area contributed by atoms with E-state index in [1.54, 1.807) is 42.5 Å². The zero-order valence-electron chi connectivity index (χ0n) is 22.9. The molecule has 0 saturated carbocycles. The first-order chi connectivity index (χ1) is 21.1. The second kappa shape index (κ2) is 15.3. The number of benzene rings is 3. The van der Waals surface area contributed by atoms with Crippen molar-refractivity contribution in [2.45, 2.75) is 17.7 Å². The maximum Gasteiger partial charge on any atom is 0.338 e. The summed E-state index contributed by atoms with van der Waals surface area (Å²) < 4.78 is 49.3. The van der Waals surface area contributed by atoms with Crippen LogP contribution in [0.5, 0.6) is 11.5 Å². The Morgan fingerprint density at radius 1 is 0.818 bits per heavy atom. The third-order valence-corrected chi connectivity index (χ3v) is 6.79. The van der Waals surface area contributed by atoms with Crippen LogP contribution in [0, 0.1) is 35.8 Å². The van der Waals surface area contributed by atoms with Crippen LogP contribution in [-0.2, 0) is 14.9 Å². The second-order valence-electron chi connectivity index (χ2n) is 8.69. The summed E-state index contributed by atoms with van der Waals surface area (Å²) in [5.41, 5.74) is -0.616. The molecule has 0 atom stereocenters. The molecule has 0 aliphatic carbocycles. The van der Waals surface area contributed by atoms with E-state index >= 15 is 0 Å². The Balaban J connectivity index is 1.84. The van der Waals surface area contributed by atoms with Crippen molar-refractivity contribution in [1.82, 2.24) is 0 Å². The first kappa shape index (κ1) is 32.5. The van der Waals surface area contributed by atoms with Crippen molar-refractivity contribution in [1.29, 1.82) is 10.5 Å². The zero-order valence-corrected chi connectivity index (χ0v) is 23.7. The molecule has 13 heteroatoms. The van der Waals surface area contributed by atoms with Crippen LogP contribution in [0.4, 0.5) is 0 Å². The van der Waals surface area contributed by atoms with Crippen LogP contribution < -0.4 is 19.9 Å². The average molecular weight is 611 g/mol. The summed E-state index contributed by atoms with van der Waals surface area (Å²) in [6.45, 7) is 14.3. The molecule has 0 heterocycles. The first-order valence-corrected chi connectivity index (χ1v) is 14.1. The largest absolute Gasteiger partial charge is 0.494 e. The lowest BCUT2D eigenvalue weighted by atomic mass is 10.1. The maximum absolute atomic E-state index is 12.7. The molecule has 3 aromatic carbocycles. The quantitative estimate of drug-likeness (QED) is 0.105. The molecule has 0 radical (unpaired) electrons. The number of nitrogens with zero attached hydrogens (tertiary/aromatic N) is 4. The molecule has 3 rings (SSSR count). The molecule has 0 amide bonds. The van der Waals surface area contributed by atoms with Crippen molar-refractivity contribution >= 4 is 33.3 Å². The number of ketones is 1. The summed E-state index contributed by atoms with van der Waals surface area (Å²) in [4.78, 5) is 30.7. The number of nitriles is 2. The van der Waals surface area contributed by atoms with Crippen LogP contribution in [-0.4, -0.2) is 44.5 Å². The van der Waals surface area contributed by atoms with Crippen molar-refractivity contribution < 1.29 is 36.8 Å². The fourth-order valence-electron chi connectivity index (χ4n) is 3.87. The SMILES string of the molecule is [C-]#[N+]/C(C#N)=c1/cc(OCCCC(=O)c2ccccc2S(=O)(=O)O)/c(=C(\C#N)[N+]#[C-])cc1OCCOC(=O)c1ccccc1. The summed E-state index contributed by atoms with van der Waals surface area (Å²) in [6.07, 6.45) is -0.108. The van der Waals surface area contributed by atoms with Crippen molar-refractivity contribution in [2.24, 2.45) is 0 Å².